The Morgan fingerprint density at radius 2 is 1.85 bits per heavy atom. The third-order valence-electron chi connectivity index (χ3n) is 3.28. The summed E-state index contributed by atoms with van der Waals surface area (Å²) < 4.78 is 2.01. The van der Waals surface area contributed by atoms with Gasteiger partial charge in [-0.1, -0.05) is 13.8 Å². The largest absolute Gasteiger partial charge is 0.306 e. The van der Waals surface area contributed by atoms with Gasteiger partial charge in [0, 0.05) is 29.7 Å². The van der Waals surface area contributed by atoms with Crippen LogP contribution in [-0.4, -0.2) is 21.3 Å². The van der Waals surface area contributed by atoms with Crippen LogP contribution in [0.4, 0.5) is 0 Å². The van der Waals surface area contributed by atoms with Crippen molar-refractivity contribution < 1.29 is 0 Å². The van der Waals surface area contributed by atoms with Gasteiger partial charge >= 0.3 is 0 Å². The molecule has 2 rings (SSSR count). The van der Waals surface area contributed by atoms with Crippen molar-refractivity contribution in [3.05, 3.63) is 47.0 Å². The molecule has 0 aromatic carbocycles. The average Bonchev–Trinajstić information content (AvgIpc) is 2.83. The van der Waals surface area contributed by atoms with E-state index in [1.54, 1.807) is 0 Å². The van der Waals surface area contributed by atoms with Crippen molar-refractivity contribution in [2.45, 2.75) is 46.7 Å². The second-order valence-corrected chi connectivity index (χ2v) is 5.21. The lowest BCUT2D eigenvalue weighted by atomic mass is 10.0. The average molecular weight is 272 g/mol. The Hall–Kier alpha value is -1.68. The molecule has 0 spiro atoms. The van der Waals surface area contributed by atoms with Gasteiger partial charge in [-0.3, -0.25) is 9.67 Å². The molecule has 1 N–H and O–H groups in total. The summed E-state index contributed by atoms with van der Waals surface area (Å²) in [6.07, 6.45) is 5.20. The van der Waals surface area contributed by atoms with Gasteiger partial charge in [0.1, 0.15) is 0 Å². The number of nitrogens with one attached hydrogen (secondary N) is 1. The maximum atomic E-state index is 4.46. The highest BCUT2D eigenvalue weighted by Gasteiger charge is 2.16. The predicted octanol–water partition coefficient (Wildman–Crippen LogP) is 3.00. The molecule has 108 valence electrons. The van der Waals surface area contributed by atoms with Gasteiger partial charge in [-0.2, -0.15) is 5.10 Å². The lowest BCUT2D eigenvalue weighted by Gasteiger charge is -2.18. The van der Waals surface area contributed by atoms with Gasteiger partial charge in [0.25, 0.3) is 0 Å². The zero-order chi connectivity index (χ0) is 14.5. The third kappa shape index (κ3) is 3.45. The van der Waals surface area contributed by atoms with Gasteiger partial charge in [-0.15, -0.1) is 0 Å². The molecule has 0 saturated heterocycles. The minimum absolute atomic E-state index is 0.186. The molecule has 2 aromatic heterocycles. The van der Waals surface area contributed by atoms with Gasteiger partial charge in [0.15, 0.2) is 0 Å². The number of aromatic nitrogens is 3. The first-order valence-electron chi connectivity index (χ1n) is 7.35. The maximum Gasteiger partial charge on any atom is 0.0609 e. The number of pyridine rings is 1. The molecule has 0 aliphatic carbocycles. The second kappa shape index (κ2) is 6.66. The Balaban J connectivity index is 2.33. The molecule has 0 saturated carbocycles. The quantitative estimate of drug-likeness (QED) is 0.879. The van der Waals surface area contributed by atoms with Gasteiger partial charge in [0.2, 0.25) is 0 Å². The van der Waals surface area contributed by atoms with Crippen molar-refractivity contribution in [1.29, 1.82) is 0 Å². The first kappa shape index (κ1) is 14.7. The summed E-state index contributed by atoms with van der Waals surface area (Å²) in [4.78, 5) is 4.46. The molecule has 0 fully saturated rings. The Kier molecular flexibility index (Phi) is 4.90. The molecule has 0 bridgehead atoms. The van der Waals surface area contributed by atoms with Crippen LogP contribution in [0.25, 0.3) is 0 Å². The smallest absolute Gasteiger partial charge is 0.0609 e. The number of hydrogen-bond donors (Lipinski definition) is 1. The van der Waals surface area contributed by atoms with Crippen LogP contribution in [0, 0.1) is 13.8 Å². The molecule has 1 unspecified atom stereocenters. The molecule has 2 heterocycles. The van der Waals surface area contributed by atoms with Crippen LogP contribution in [0.5, 0.6) is 0 Å². The van der Waals surface area contributed by atoms with E-state index in [0.29, 0.717) is 0 Å². The van der Waals surface area contributed by atoms with Crippen LogP contribution < -0.4 is 5.32 Å². The van der Waals surface area contributed by atoms with E-state index in [2.05, 4.69) is 47.6 Å². The molecule has 0 radical (unpaired) electrons. The molecule has 0 amide bonds. The molecular weight excluding hydrogens is 248 g/mol. The van der Waals surface area contributed by atoms with E-state index in [-0.39, 0.29) is 6.04 Å². The number of rotatable bonds is 6. The van der Waals surface area contributed by atoms with E-state index >= 15 is 0 Å². The normalized spacial score (nSPS) is 12.6. The van der Waals surface area contributed by atoms with Gasteiger partial charge in [-0.05, 0) is 44.5 Å². The minimum Gasteiger partial charge on any atom is -0.306 e. The standard InChI is InChI=1S/C16H24N4/c1-5-7-20-11-15(10-18-20)16(17-6-2)14-8-12(3)19-13(4)9-14/h8-11,16-17H,5-7H2,1-4H3. The van der Waals surface area contributed by atoms with Crippen LogP contribution in [0.1, 0.15) is 48.8 Å². The highest BCUT2D eigenvalue weighted by molar-refractivity contribution is 5.31. The van der Waals surface area contributed by atoms with E-state index in [0.717, 1.165) is 30.9 Å². The van der Waals surface area contributed by atoms with Crippen LogP contribution in [-0.2, 0) is 6.54 Å². The summed E-state index contributed by atoms with van der Waals surface area (Å²) in [5.41, 5.74) is 4.59. The molecule has 20 heavy (non-hydrogen) atoms. The molecule has 0 aliphatic rings. The van der Waals surface area contributed by atoms with Crippen molar-refractivity contribution >= 4 is 0 Å². The summed E-state index contributed by atoms with van der Waals surface area (Å²) in [5.74, 6) is 0. The van der Waals surface area contributed by atoms with Crippen LogP contribution in [0.3, 0.4) is 0 Å². The summed E-state index contributed by atoms with van der Waals surface area (Å²) >= 11 is 0. The first-order chi connectivity index (χ1) is 9.63. The predicted molar refractivity (Wildman–Crippen MR) is 81.7 cm³/mol. The highest BCUT2D eigenvalue weighted by atomic mass is 15.3. The van der Waals surface area contributed by atoms with Gasteiger partial charge in [0.05, 0.1) is 12.2 Å². The first-order valence-corrected chi connectivity index (χ1v) is 7.35. The van der Waals surface area contributed by atoms with E-state index < -0.39 is 0 Å². The van der Waals surface area contributed by atoms with Crippen LogP contribution in [0.2, 0.25) is 0 Å². The lowest BCUT2D eigenvalue weighted by molar-refractivity contribution is 0.597. The van der Waals surface area contributed by atoms with Crippen LogP contribution in [0.15, 0.2) is 24.5 Å². The Labute approximate surface area is 121 Å². The van der Waals surface area contributed by atoms with Crippen molar-refractivity contribution in [1.82, 2.24) is 20.1 Å². The van der Waals surface area contributed by atoms with Crippen LogP contribution >= 0.6 is 0 Å². The summed E-state index contributed by atoms with van der Waals surface area (Å²) in [7, 11) is 0. The summed E-state index contributed by atoms with van der Waals surface area (Å²) in [6, 6.07) is 4.49. The zero-order valence-electron chi connectivity index (χ0n) is 12.8. The minimum atomic E-state index is 0.186. The van der Waals surface area contributed by atoms with E-state index in [4.69, 9.17) is 0 Å². The molecule has 1 atom stereocenters. The molecular formula is C16H24N4. The summed E-state index contributed by atoms with van der Waals surface area (Å²) in [6.45, 7) is 10.3. The molecule has 4 heteroatoms. The lowest BCUT2D eigenvalue weighted by Crippen LogP contribution is -2.22. The fourth-order valence-electron chi connectivity index (χ4n) is 2.55. The molecule has 2 aromatic rings. The Morgan fingerprint density at radius 1 is 1.15 bits per heavy atom. The van der Waals surface area contributed by atoms with Crippen molar-refractivity contribution in [2.75, 3.05) is 6.54 Å². The van der Waals surface area contributed by atoms with Crippen molar-refractivity contribution in [3.63, 3.8) is 0 Å². The van der Waals surface area contributed by atoms with Gasteiger partial charge in [-0.25, -0.2) is 0 Å². The number of aryl methyl sites for hydroxylation is 3. The Morgan fingerprint density at radius 3 is 2.45 bits per heavy atom. The number of hydrogen-bond acceptors (Lipinski definition) is 3. The Bertz CT molecular complexity index is 539. The molecule has 4 nitrogen and oxygen atoms in total. The summed E-state index contributed by atoms with van der Waals surface area (Å²) in [5, 5.41) is 7.98. The fourth-order valence-corrected chi connectivity index (χ4v) is 2.55. The molecule has 0 aliphatic heterocycles. The number of nitrogens with zero attached hydrogens (tertiary/aromatic N) is 3. The zero-order valence-corrected chi connectivity index (χ0v) is 12.8. The fraction of sp³-hybridized carbons (Fsp3) is 0.500. The van der Waals surface area contributed by atoms with E-state index in [9.17, 15) is 0 Å². The van der Waals surface area contributed by atoms with E-state index in [1.165, 1.54) is 11.1 Å². The highest BCUT2D eigenvalue weighted by Crippen LogP contribution is 2.22. The van der Waals surface area contributed by atoms with E-state index in [1.807, 2.05) is 24.7 Å². The SMILES string of the molecule is CCCn1cc(C(NCC)c2cc(C)nc(C)c2)cn1. The van der Waals surface area contributed by atoms with Gasteiger partial charge < -0.3 is 5.32 Å². The second-order valence-electron chi connectivity index (χ2n) is 5.21. The maximum absolute atomic E-state index is 4.46. The topological polar surface area (TPSA) is 42.7 Å². The third-order valence-corrected chi connectivity index (χ3v) is 3.28. The monoisotopic (exact) mass is 272 g/mol. The van der Waals surface area contributed by atoms with Crippen molar-refractivity contribution in [3.8, 4) is 0 Å². The van der Waals surface area contributed by atoms with Crippen molar-refractivity contribution in [2.24, 2.45) is 0 Å².